The van der Waals surface area contributed by atoms with E-state index in [4.69, 9.17) is 0 Å². The van der Waals surface area contributed by atoms with E-state index in [2.05, 4.69) is 6.92 Å². The molecule has 1 aliphatic carbocycles. The van der Waals surface area contributed by atoms with Gasteiger partial charge in [-0.15, -0.1) is 0 Å². The summed E-state index contributed by atoms with van der Waals surface area (Å²) in [6.45, 7) is 4.05. The number of ketones is 1. The van der Waals surface area contributed by atoms with E-state index in [0.717, 1.165) is 31.2 Å². The zero-order valence-electron chi connectivity index (χ0n) is 10.5. The molecule has 0 amide bonds. The number of rotatable bonds is 3. The normalized spacial score (nSPS) is 23.9. The van der Waals surface area contributed by atoms with Gasteiger partial charge in [0.05, 0.1) is 5.56 Å². The third kappa shape index (κ3) is 2.56. The highest BCUT2D eigenvalue weighted by Gasteiger charge is 2.30. The van der Waals surface area contributed by atoms with Crippen LogP contribution in [-0.4, -0.2) is 5.78 Å². The Balaban J connectivity index is 2.17. The molecular weight excluding hydrogens is 215 g/mol. The molecule has 0 N–H and O–H groups in total. The number of benzene rings is 1. The van der Waals surface area contributed by atoms with Crippen LogP contribution in [0.3, 0.4) is 0 Å². The lowest BCUT2D eigenvalue weighted by atomic mass is 9.93. The van der Waals surface area contributed by atoms with Crippen molar-refractivity contribution in [1.29, 1.82) is 0 Å². The number of hydrogen-bond acceptors (Lipinski definition) is 1. The molecule has 92 valence electrons. The highest BCUT2D eigenvalue weighted by Crippen LogP contribution is 2.35. The number of halogens is 1. The van der Waals surface area contributed by atoms with Gasteiger partial charge < -0.3 is 0 Å². The van der Waals surface area contributed by atoms with Crippen molar-refractivity contribution < 1.29 is 9.18 Å². The van der Waals surface area contributed by atoms with Crippen LogP contribution in [0.2, 0.25) is 0 Å². The predicted octanol–water partition coefficient (Wildman–Crippen LogP) is 4.14. The Kier molecular flexibility index (Phi) is 3.60. The monoisotopic (exact) mass is 234 g/mol. The number of Topliss-reactive ketones (excluding diaryl/α,β-unsaturated/α-hetero) is 1. The fourth-order valence-corrected chi connectivity index (χ4v) is 2.73. The largest absolute Gasteiger partial charge is 0.294 e. The smallest absolute Gasteiger partial charge is 0.168 e. The maximum atomic E-state index is 13.6. The third-order valence-electron chi connectivity index (χ3n) is 3.88. The summed E-state index contributed by atoms with van der Waals surface area (Å²) in [7, 11) is 0. The van der Waals surface area contributed by atoms with Gasteiger partial charge in [0, 0.05) is 5.92 Å². The molecular formula is C15H19FO. The molecule has 17 heavy (non-hydrogen) atoms. The van der Waals surface area contributed by atoms with Crippen LogP contribution in [0.25, 0.3) is 0 Å². The van der Waals surface area contributed by atoms with Gasteiger partial charge in [-0.3, -0.25) is 4.79 Å². The molecule has 0 aromatic heterocycles. The van der Waals surface area contributed by atoms with Crippen LogP contribution in [0.15, 0.2) is 18.2 Å². The standard InChI is InChI=1S/C15H19FO/c1-3-11-5-6-12(9-11)15(17)13-8-10(2)4-7-14(13)16/h4,7-8,11-12H,3,5-6,9H2,1-2H3. The molecule has 0 saturated heterocycles. The van der Waals surface area contributed by atoms with E-state index in [0.29, 0.717) is 5.92 Å². The summed E-state index contributed by atoms with van der Waals surface area (Å²) in [6, 6.07) is 4.78. The van der Waals surface area contributed by atoms with Crippen LogP contribution in [0, 0.1) is 24.6 Å². The van der Waals surface area contributed by atoms with Gasteiger partial charge in [-0.1, -0.05) is 25.0 Å². The summed E-state index contributed by atoms with van der Waals surface area (Å²) in [6.07, 6.45) is 4.09. The number of carbonyl (C=O) groups is 1. The average molecular weight is 234 g/mol. The molecule has 1 saturated carbocycles. The zero-order valence-corrected chi connectivity index (χ0v) is 10.5. The van der Waals surface area contributed by atoms with Crippen LogP contribution in [0.1, 0.15) is 48.5 Å². The van der Waals surface area contributed by atoms with E-state index in [9.17, 15) is 9.18 Å². The fourth-order valence-electron chi connectivity index (χ4n) is 2.73. The molecule has 1 nitrogen and oxygen atoms in total. The quantitative estimate of drug-likeness (QED) is 0.718. The number of hydrogen-bond donors (Lipinski definition) is 0. The lowest BCUT2D eigenvalue weighted by Crippen LogP contribution is -2.13. The second-order valence-electron chi connectivity index (χ2n) is 5.13. The second kappa shape index (κ2) is 4.99. The molecule has 1 aromatic carbocycles. The maximum Gasteiger partial charge on any atom is 0.168 e. The van der Waals surface area contributed by atoms with E-state index < -0.39 is 0 Å². The number of carbonyl (C=O) groups excluding carboxylic acids is 1. The Hall–Kier alpha value is -1.18. The zero-order chi connectivity index (χ0) is 12.4. The molecule has 1 fully saturated rings. The Morgan fingerprint density at radius 3 is 2.82 bits per heavy atom. The third-order valence-corrected chi connectivity index (χ3v) is 3.88. The van der Waals surface area contributed by atoms with Gasteiger partial charge in [0.25, 0.3) is 0 Å². The van der Waals surface area contributed by atoms with Gasteiger partial charge in [0.1, 0.15) is 5.82 Å². The van der Waals surface area contributed by atoms with Gasteiger partial charge in [-0.25, -0.2) is 4.39 Å². The van der Waals surface area contributed by atoms with Crippen molar-refractivity contribution in [3.63, 3.8) is 0 Å². The van der Waals surface area contributed by atoms with E-state index in [1.54, 1.807) is 12.1 Å². The molecule has 2 unspecified atom stereocenters. The average Bonchev–Trinajstić information content (AvgIpc) is 2.80. The minimum absolute atomic E-state index is 0.00199. The molecule has 1 aromatic rings. The predicted molar refractivity (Wildman–Crippen MR) is 66.6 cm³/mol. The van der Waals surface area contributed by atoms with Crippen molar-refractivity contribution in [1.82, 2.24) is 0 Å². The van der Waals surface area contributed by atoms with E-state index >= 15 is 0 Å². The Morgan fingerprint density at radius 1 is 1.41 bits per heavy atom. The molecule has 2 heteroatoms. The van der Waals surface area contributed by atoms with Gasteiger partial charge in [0.2, 0.25) is 0 Å². The molecule has 0 aliphatic heterocycles. The molecule has 0 radical (unpaired) electrons. The van der Waals surface area contributed by atoms with Crippen molar-refractivity contribution in [2.24, 2.45) is 11.8 Å². The summed E-state index contributed by atoms with van der Waals surface area (Å²) in [5.41, 5.74) is 1.23. The van der Waals surface area contributed by atoms with Crippen LogP contribution in [0.4, 0.5) is 4.39 Å². The Bertz CT molecular complexity index is 425. The summed E-state index contributed by atoms with van der Waals surface area (Å²) in [5, 5.41) is 0. The van der Waals surface area contributed by atoms with Crippen LogP contribution in [-0.2, 0) is 0 Å². The lowest BCUT2D eigenvalue weighted by Gasteiger charge is -2.10. The molecule has 0 spiro atoms. The van der Waals surface area contributed by atoms with E-state index in [1.165, 1.54) is 6.07 Å². The first-order valence-corrected chi connectivity index (χ1v) is 6.42. The molecule has 0 bridgehead atoms. The fraction of sp³-hybridized carbons (Fsp3) is 0.533. The van der Waals surface area contributed by atoms with Gasteiger partial charge >= 0.3 is 0 Å². The van der Waals surface area contributed by atoms with E-state index in [1.807, 2.05) is 6.92 Å². The highest BCUT2D eigenvalue weighted by atomic mass is 19.1. The summed E-state index contributed by atoms with van der Waals surface area (Å²) in [4.78, 5) is 12.2. The van der Waals surface area contributed by atoms with Crippen molar-refractivity contribution in [3.8, 4) is 0 Å². The second-order valence-corrected chi connectivity index (χ2v) is 5.13. The Morgan fingerprint density at radius 2 is 2.18 bits per heavy atom. The molecule has 1 aliphatic rings. The molecule has 0 heterocycles. The highest BCUT2D eigenvalue weighted by molar-refractivity contribution is 5.98. The van der Waals surface area contributed by atoms with Crippen molar-refractivity contribution in [2.45, 2.75) is 39.5 Å². The van der Waals surface area contributed by atoms with Gasteiger partial charge in [0.15, 0.2) is 5.78 Å². The van der Waals surface area contributed by atoms with Crippen molar-refractivity contribution >= 4 is 5.78 Å². The minimum Gasteiger partial charge on any atom is -0.294 e. The van der Waals surface area contributed by atoms with Crippen LogP contribution >= 0.6 is 0 Å². The van der Waals surface area contributed by atoms with Gasteiger partial charge in [-0.05, 0) is 44.2 Å². The first-order chi connectivity index (χ1) is 8.11. The molecule has 2 rings (SSSR count). The SMILES string of the molecule is CCC1CCC(C(=O)c2cc(C)ccc2F)C1. The van der Waals surface area contributed by atoms with Crippen molar-refractivity contribution in [2.75, 3.05) is 0 Å². The first kappa shape index (κ1) is 12.3. The summed E-state index contributed by atoms with van der Waals surface area (Å²) in [5.74, 6) is 0.316. The first-order valence-electron chi connectivity index (χ1n) is 6.42. The number of aryl methyl sites for hydroxylation is 1. The topological polar surface area (TPSA) is 17.1 Å². The maximum absolute atomic E-state index is 13.6. The van der Waals surface area contributed by atoms with Crippen LogP contribution in [0.5, 0.6) is 0 Å². The summed E-state index contributed by atoms with van der Waals surface area (Å²) < 4.78 is 13.6. The Labute approximate surface area is 102 Å². The van der Waals surface area contributed by atoms with E-state index in [-0.39, 0.29) is 23.1 Å². The summed E-state index contributed by atoms with van der Waals surface area (Å²) >= 11 is 0. The van der Waals surface area contributed by atoms with Crippen LogP contribution < -0.4 is 0 Å². The van der Waals surface area contributed by atoms with Gasteiger partial charge in [-0.2, -0.15) is 0 Å². The molecule has 2 atom stereocenters. The minimum atomic E-state index is -0.374. The lowest BCUT2D eigenvalue weighted by molar-refractivity contribution is 0.0915. The van der Waals surface area contributed by atoms with Crippen molar-refractivity contribution in [3.05, 3.63) is 35.1 Å².